The second-order valence-corrected chi connectivity index (χ2v) is 9.16. The van der Waals surface area contributed by atoms with Crippen LogP contribution in [0.15, 0.2) is 0 Å². The van der Waals surface area contributed by atoms with Crippen LogP contribution in [0.4, 0.5) is 0 Å². The van der Waals surface area contributed by atoms with Gasteiger partial charge in [0.1, 0.15) is 10.1 Å². The van der Waals surface area contributed by atoms with Gasteiger partial charge in [0.15, 0.2) is 4.93 Å². The van der Waals surface area contributed by atoms with Crippen molar-refractivity contribution in [1.29, 1.82) is 0 Å². The number of aliphatic hydroxyl groups is 1. The Kier molecular flexibility index (Phi) is 20.1. The van der Waals surface area contributed by atoms with Gasteiger partial charge in [-0.3, -0.25) is 0 Å². The first-order chi connectivity index (χ1) is 11.9. The van der Waals surface area contributed by atoms with Crippen molar-refractivity contribution in [2.75, 3.05) is 0 Å². The van der Waals surface area contributed by atoms with Gasteiger partial charge in [0.05, 0.1) is 0 Å². The van der Waals surface area contributed by atoms with E-state index in [0.29, 0.717) is 12.8 Å². The first-order valence-corrected chi connectivity index (χ1v) is 12.0. The van der Waals surface area contributed by atoms with E-state index in [9.17, 15) is 18.1 Å². The summed E-state index contributed by atoms with van der Waals surface area (Å²) in [6.07, 6.45) is 17.1. The summed E-state index contributed by atoms with van der Waals surface area (Å²) in [5.41, 5.74) is 0. The minimum absolute atomic E-state index is 0. The van der Waals surface area contributed by atoms with Crippen LogP contribution in [0.2, 0.25) is 0 Å². The molecule has 0 saturated heterocycles. The molecule has 0 bridgehead atoms. The quantitative estimate of drug-likeness (QED) is 0.218. The summed E-state index contributed by atoms with van der Waals surface area (Å²) >= 11 is 0. The normalized spacial score (nSPS) is 14.0. The number of unbranched alkanes of at least 4 members (excludes halogenated alkanes) is 13. The molecule has 0 aromatic rings. The van der Waals surface area contributed by atoms with Crippen molar-refractivity contribution in [3.8, 4) is 0 Å². The van der Waals surface area contributed by atoms with E-state index in [1.165, 1.54) is 57.8 Å². The van der Waals surface area contributed by atoms with E-state index in [0.717, 1.165) is 25.7 Å². The Morgan fingerprint density at radius 2 is 0.962 bits per heavy atom. The van der Waals surface area contributed by atoms with E-state index in [-0.39, 0.29) is 42.4 Å². The zero-order valence-corrected chi connectivity index (χ0v) is 20.4. The van der Waals surface area contributed by atoms with Gasteiger partial charge in [0.2, 0.25) is 0 Å². The molecule has 0 aliphatic heterocycles. The minimum Gasteiger partial charge on any atom is -0.746 e. The summed E-state index contributed by atoms with van der Waals surface area (Å²) in [7, 11) is -4.65. The van der Waals surface area contributed by atoms with Gasteiger partial charge in [-0.1, -0.05) is 97.3 Å². The van der Waals surface area contributed by atoms with Gasteiger partial charge in [0.25, 0.3) is 0 Å². The fraction of sp³-hybridized carbons (Fsp3) is 1.00. The standard InChI is InChI=1S/C20H42O4S.Na/c1-3-5-7-8-9-10-11-12-13-14-15-16-17-19-20(21,18-6-4-2)25(22,23)24;/h21H,3-19H2,1-2H3,(H,22,23,24);/q;+1/p-1. The van der Waals surface area contributed by atoms with Gasteiger partial charge >= 0.3 is 29.6 Å². The van der Waals surface area contributed by atoms with Crippen molar-refractivity contribution in [3.63, 3.8) is 0 Å². The fourth-order valence-electron chi connectivity index (χ4n) is 3.25. The molecule has 0 saturated carbocycles. The molecule has 1 unspecified atom stereocenters. The molecule has 0 amide bonds. The molecular weight excluding hydrogens is 359 g/mol. The van der Waals surface area contributed by atoms with Crippen molar-refractivity contribution in [2.45, 2.75) is 128 Å². The zero-order chi connectivity index (χ0) is 19.0. The molecule has 152 valence electrons. The van der Waals surface area contributed by atoms with E-state index in [1.807, 2.05) is 6.92 Å². The van der Waals surface area contributed by atoms with E-state index in [2.05, 4.69) is 6.92 Å². The largest absolute Gasteiger partial charge is 1.00 e. The maximum atomic E-state index is 11.3. The van der Waals surface area contributed by atoms with Crippen LogP contribution in [0, 0.1) is 0 Å². The monoisotopic (exact) mass is 400 g/mol. The molecule has 6 heteroatoms. The first kappa shape index (κ1) is 29.1. The number of hydrogen-bond donors (Lipinski definition) is 1. The maximum Gasteiger partial charge on any atom is 1.00 e. The molecule has 0 aromatic carbocycles. The third-order valence-electron chi connectivity index (χ3n) is 5.06. The van der Waals surface area contributed by atoms with Crippen LogP contribution >= 0.6 is 0 Å². The topological polar surface area (TPSA) is 77.4 Å². The average molecular weight is 401 g/mol. The third-order valence-corrected chi connectivity index (χ3v) is 6.40. The Bertz CT molecular complexity index is 401. The van der Waals surface area contributed by atoms with Crippen LogP contribution in [0.25, 0.3) is 0 Å². The number of hydrogen-bond acceptors (Lipinski definition) is 4. The van der Waals surface area contributed by atoms with E-state index < -0.39 is 15.1 Å². The summed E-state index contributed by atoms with van der Waals surface area (Å²) in [5, 5.41) is 10.2. The van der Waals surface area contributed by atoms with Crippen molar-refractivity contribution >= 4 is 10.1 Å². The summed E-state index contributed by atoms with van der Waals surface area (Å²) in [4.78, 5) is -2.05. The Morgan fingerprint density at radius 1 is 0.654 bits per heavy atom. The van der Waals surface area contributed by atoms with Gasteiger partial charge in [-0.25, -0.2) is 8.42 Å². The van der Waals surface area contributed by atoms with Crippen molar-refractivity contribution in [2.24, 2.45) is 0 Å². The van der Waals surface area contributed by atoms with Crippen molar-refractivity contribution in [3.05, 3.63) is 0 Å². The van der Waals surface area contributed by atoms with Crippen LogP contribution in [-0.2, 0) is 10.1 Å². The predicted molar refractivity (Wildman–Crippen MR) is 104 cm³/mol. The fourth-order valence-corrected chi connectivity index (χ4v) is 4.04. The van der Waals surface area contributed by atoms with Crippen LogP contribution in [0.1, 0.15) is 123 Å². The smallest absolute Gasteiger partial charge is 0.746 e. The Labute approximate surface area is 185 Å². The van der Waals surface area contributed by atoms with Gasteiger partial charge in [-0.15, -0.1) is 0 Å². The van der Waals surface area contributed by atoms with Gasteiger partial charge in [0, 0.05) is 0 Å². The van der Waals surface area contributed by atoms with Gasteiger partial charge < -0.3 is 9.66 Å². The molecular formula is C20H41NaO4S. The average Bonchev–Trinajstić information content (AvgIpc) is 2.56. The zero-order valence-electron chi connectivity index (χ0n) is 17.6. The van der Waals surface area contributed by atoms with Crippen molar-refractivity contribution in [1.82, 2.24) is 0 Å². The van der Waals surface area contributed by atoms with Crippen LogP contribution < -0.4 is 29.6 Å². The Balaban J connectivity index is 0. The minimum atomic E-state index is -4.65. The summed E-state index contributed by atoms with van der Waals surface area (Å²) in [5.74, 6) is 0. The molecule has 1 N–H and O–H groups in total. The number of rotatable bonds is 18. The summed E-state index contributed by atoms with van der Waals surface area (Å²) < 4.78 is 33.9. The second-order valence-electron chi connectivity index (χ2n) is 7.50. The van der Waals surface area contributed by atoms with E-state index in [4.69, 9.17) is 0 Å². The molecule has 0 aromatic heterocycles. The molecule has 26 heavy (non-hydrogen) atoms. The molecule has 1 atom stereocenters. The first-order valence-electron chi connectivity index (χ1n) is 10.5. The van der Waals surface area contributed by atoms with Crippen LogP contribution in [-0.4, -0.2) is 23.0 Å². The summed E-state index contributed by atoms with van der Waals surface area (Å²) in [6, 6.07) is 0. The Morgan fingerprint density at radius 3 is 1.31 bits per heavy atom. The maximum absolute atomic E-state index is 11.3. The molecule has 0 heterocycles. The van der Waals surface area contributed by atoms with E-state index in [1.54, 1.807) is 0 Å². The second kappa shape index (κ2) is 17.9. The van der Waals surface area contributed by atoms with Crippen molar-refractivity contribution < 1.29 is 47.6 Å². The molecule has 0 aliphatic rings. The van der Waals surface area contributed by atoms with Gasteiger partial charge in [-0.05, 0) is 25.7 Å². The Hall–Kier alpha value is 0.870. The molecule has 4 nitrogen and oxygen atoms in total. The summed E-state index contributed by atoms with van der Waals surface area (Å²) in [6.45, 7) is 4.16. The molecule has 0 spiro atoms. The van der Waals surface area contributed by atoms with Crippen LogP contribution in [0.3, 0.4) is 0 Å². The van der Waals surface area contributed by atoms with Crippen LogP contribution in [0.5, 0.6) is 0 Å². The predicted octanol–water partition coefficient (Wildman–Crippen LogP) is 2.90. The molecule has 0 aliphatic carbocycles. The SMILES string of the molecule is CCCCCCCCCCCCCCCC(O)(CCCC)S(=O)(=O)[O-].[Na+]. The van der Waals surface area contributed by atoms with Gasteiger partial charge in [-0.2, -0.15) is 0 Å². The third kappa shape index (κ3) is 14.9. The molecule has 0 radical (unpaired) electrons. The van der Waals surface area contributed by atoms with E-state index >= 15 is 0 Å². The molecule has 0 rings (SSSR count). The molecule has 0 fully saturated rings.